The number of aryl methyl sites for hydroxylation is 1. The first-order valence-electron chi connectivity index (χ1n) is 8.76. The summed E-state index contributed by atoms with van der Waals surface area (Å²) in [7, 11) is -3.23. The molecule has 142 valence electrons. The van der Waals surface area contributed by atoms with Crippen molar-refractivity contribution in [2.45, 2.75) is 31.8 Å². The molecule has 26 heavy (non-hydrogen) atoms. The van der Waals surface area contributed by atoms with E-state index < -0.39 is 15.8 Å². The zero-order chi connectivity index (χ0) is 18.9. The highest BCUT2D eigenvalue weighted by Gasteiger charge is 2.47. The van der Waals surface area contributed by atoms with E-state index in [4.69, 9.17) is 5.11 Å². The summed E-state index contributed by atoms with van der Waals surface area (Å²) in [4.78, 5) is 27.3. The Kier molecular flexibility index (Phi) is 5.34. The third-order valence-corrected chi connectivity index (χ3v) is 6.86. The predicted molar refractivity (Wildman–Crippen MR) is 96.7 cm³/mol. The van der Waals surface area contributed by atoms with Crippen LogP contribution >= 0.6 is 0 Å². The molecule has 0 bridgehead atoms. The van der Waals surface area contributed by atoms with Gasteiger partial charge < -0.3 is 10.0 Å². The fourth-order valence-corrected chi connectivity index (χ4v) is 5.96. The zero-order valence-electron chi connectivity index (χ0n) is 14.8. The number of carbonyl (C=O) groups excluding carboxylic acids is 1. The number of fused-ring (bicyclic) bond motifs is 1. The van der Waals surface area contributed by atoms with Crippen LogP contribution in [0, 0.1) is 6.92 Å². The third kappa shape index (κ3) is 4.24. The summed E-state index contributed by atoms with van der Waals surface area (Å²) in [6.07, 6.45) is 0.223. The molecular formula is C18H24N2O5S. The number of piperazine rings is 1. The van der Waals surface area contributed by atoms with E-state index in [0.717, 1.165) is 11.1 Å². The molecule has 1 N–H and O–H groups in total. The van der Waals surface area contributed by atoms with Gasteiger partial charge in [0.1, 0.15) is 0 Å². The van der Waals surface area contributed by atoms with Gasteiger partial charge in [-0.05, 0) is 12.5 Å². The summed E-state index contributed by atoms with van der Waals surface area (Å²) in [6, 6.07) is 7.04. The molecule has 0 saturated carbocycles. The van der Waals surface area contributed by atoms with Crippen molar-refractivity contribution < 1.29 is 23.1 Å². The predicted octanol–water partition coefficient (Wildman–Crippen LogP) is 0.322. The minimum absolute atomic E-state index is 0.00842. The third-order valence-electron chi connectivity index (χ3n) is 5.16. The molecule has 2 aliphatic rings. The zero-order valence-corrected chi connectivity index (χ0v) is 15.6. The van der Waals surface area contributed by atoms with Gasteiger partial charge >= 0.3 is 5.97 Å². The van der Waals surface area contributed by atoms with Crippen LogP contribution in [0.3, 0.4) is 0 Å². The van der Waals surface area contributed by atoms with E-state index in [0.29, 0.717) is 19.6 Å². The van der Waals surface area contributed by atoms with Gasteiger partial charge in [0.15, 0.2) is 9.84 Å². The quantitative estimate of drug-likeness (QED) is 0.791. The van der Waals surface area contributed by atoms with Crippen molar-refractivity contribution in [2.24, 2.45) is 0 Å². The van der Waals surface area contributed by atoms with Crippen molar-refractivity contribution in [2.75, 3.05) is 31.1 Å². The molecular weight excluding hydrogens is 356 g/mol. The van der Waals surface area contributed by atoms with Crippen LogP contribution in [0.5, 0.6) is 0 Å². The second kappa shape index (κ2) is 7.36. The maximum absolute atomic E-state index is 12.8. The Hall–Kier alpha value is -1.93. The number of aliphatic carboxylic acids is 1. The SMILES string of the molecule is Cc1cccc(CC(=O)N2CCN(CCC(=O)O)[C@@H]3CS(=O)(=O)C[C@@H]32)c1. The fourth-order valence-electron chi connectivity index (χ4n) is 3.95. The summed E-state index contributed by atoms with van der Waals surface area (Å²) in [6.45, 7) is 3.21. The number of carbonyl (C=O) groups is 2. The minimum Gasteiger partial charge on any atom is -0.481 e. The molecule has 2 heterocycles. The number of rotatable bonds is 5. The smallest absolute Gasteiger partial charge is 0.304 e. The molecule has 2 fully saturated rings. The van der Waals surface area contributed by atoms with Gasteiger partial charge in [-0.25, -0.2) is 8.42 Å². The van der Waals surface area contributed by atoms with Crippen LogP contribution in [0.4, 0.5) is 0 Å². The van der Waals surface area contributed by atoms with Crippen molar-refractivity contribution in [3.05, 3.63) is 35.4 Å². The second-order valence-corrected chi connectivity index (χ2v) is 9.30. The van der Waals surface area contributed by atoms with Crippen LogP contribution in [0.1, 0.15) is 17.5 Å². The largest absolute Gasteiger partial charge is 0.481 e. The monoisotopic (exact) mass is 380 g/mol. The van der Waals surface area contributed by atoms with Gasteiger partial charge in [0, 0.05) is 25.7 Å². The van der Waals surface area contributed by atoms with Crippen LogP contribution in [-0.4, -0.2) is 78.4 Å². The highest BCUT2D eigenvalue weighted by molar-refractivity contribution is 7.91. The second-order valence-electron chi connectivity index (χ2n) is 7.14. The molecule has 0 aromatic heterocycles. The summed E-state index contributed by atoms with van der Waals surface area (Å²) < 4.78 is 24.3. The maximum Gasteiger partial charge on any atom is 0.304 e. The Balaban J connectivity index is 1.74. The topological polar surface area (TPSA) is 95.0 Å². The van der Waals surface area contributed by atoms with Crippen LogP contribution < -0.4 is 0 Å². The Morgan fingerprint density at radius 2 is 1.92 bits per heavy atom. The Morgan fingerprint density at radius 3 is 2.62 bits per heavy atom. The van der Waals surface area contributed by atoms with Crippen molar-refractivity contribution in [3.8, 4) is 0 Å². The summed E-state index contributed by atoms with van der Waals surface area (Å²) in [5.41, 5.74) is 2.00. The van der Waals surface area contributed by atoms with Crippen LogP contribution in [0.2, 0.25) is 0 Å². The summed E-state index contributed by atoms with van der Waals surface area (Å²) >= 11 is 0. The lowest BCUT2D eigenvalue weighted by Crippen LogP contribution is -2.61. The number of benzene rings is 1. The van der Waals surface area contributed by atoms with Crippen LogP contribution in [0.15, 0.2) is 24.3 Å². The standard InChI is InChI=1S/C18H24N2O5S/c1-13-3-2-4-14(9-13)10-17(21)20-8-7-19(6-5-18(22)23)15-11-26(24,25)12-16(15)20/h2-4,9,15-16H,5-8,10-12H2,1H3,(H,22,23)/t15-,16+/m1/s1. The van der Waals surface area contributed by atoms with Crippen LogP contribution in [0.25, 0.3) is 0 Å². The van der Waals surface area contributed by atoms with Gasteiger partial charge in [-0.2, -0.15) is 0 Å². The Bertz CT molecular complexity index is 808. The number of carboxylic acid groups (broad SMARTS) is 1. The van der Waals surface area contributed by atoms with E-state index in [1.165, 1.54) is 0 Å². The van der Waals surface area contributed by atoms with Crippen molar-refractivity contribution in [3.63, 3.8) is 0 Å². The van der Waals surface area contributed by atoms with E-state index in [-0.39, 0.29) is 42.3 Å². The van der Waals surface area contributed by atoms with E-state index in [1.807, 2.05) is 36.1 Å². The molecule has 3 rings (SSSR count). The number of carboxylic acids is 1. The Labute approximate surface area is 153 Å². The lowest BCUT2D eigenvalue weighted by atomic mass is 10.0. The number of amides is 1. The molecule has 2 aliphatic heterocycles. The van der Waals surface area contributed by atoms with Gasteiger partial charge in [-0.3, -0.25) is 14.5 Å². The van der Waals surface area contributed by atoms with E-state index in [9.17, 15) is 18.0 Å². The first-order chi connectivity index (χ1) is 12.2. The van der Waals surface area contributed by atoms with Crippen molar-refractivity contribution in [1.82, 2.24) is 9.80 Å². The first-order valence-corrected chi connectivity index (χ1v) is 10.6. The van der Waals surface area contributed by atoms with Gasteiger partial charge in [0.05, 0.1) is 30.4 Å². The van der Waals surface area contributed by atoms with Crippen molar-refractivity contribution >= 4 is 21.7 Å². The van der Waals surface area contributed by atoms with Gasteiger partial charge in [-0.15, -0.1) is 0 Å². The maximum atomic E-state index is 12.8. The molecule has 0 spiro atoms. The average molecular weight is 380 g/mol. The lowest BCUT2D eigenvalue weighted by molar-refractivity contribution is -0.140. The average Bonchev–Trinajstić information content (AvgIpc) is 2.87. The number of nitrogens with zero attached hydrogens (tertiary/aromatic N) is 2. The van der Waals surface area contributed by atoms with Crippen LogP contribution in [-0.2, 0) is 25.8 Å². The molecule has 1 aromatic rings. The normalized spacial score (nSPS) is 25.0. The summed E-state index contributed by atoms with van der Waals surface area (Å²) in [5.74, 6) is -1.02. The molecule has 1 amide bonds. The molecule has 2 saturated heterocycles. The Morgan fingerprint density at radius 1 is 1.19 bits per heavy atom. The molecule has 0 unspecified atom stereocenters. The highest BCUT2D eigenvalue weighted by atomic mass is 32.2. The highest BCUT2D eigenvalue weighted by Crippen LogP contribution is 2.27. The number of hydrogen-bond acceptors (Lipinski definition) is 5. The van der Waals surface area contributed by atoms with Gasteiger partial charge in [0.25, 0.3) is 0 Å². The number of hydrogen-bond donors (Lipinski definition) is 1. The van der Waals surface area contributed by atoms with E-state index in [1.54, 1.807) is 4.90 Å². The summed E-state index contributed by atoms with van der Waals surface area (Å²) in [5, 5.41) is 8.90. The fraction of sp³-hybridized carbons (Fsp3) is 0.556. The van der Waals surface area contributed by atoms with Crippen molar-refractivity contribution in [1.29, 1.82) is 0 Å². The molecule has 0 radical (unpaired) electrons. The molecule has 7 nitrogen and oxygen atoms in total. The van der Waals surface area contributed by atoms with E-state index in [2.05, 4.69) is 0 Å². The molecule has 0 aliphatic carbocycles. The molecule has 1 aromatic carbocycles. The van der Waals surface area contributed by atoms with Gasteiger partial charge in [0.2, 0.25) is 5.91 Å². The minimum atomic E-state index is -3.23. The molecule has 2 atom stereocenters. The van der Waals surface area contributed by atoms with E-state index >= 15 is 0 Å². The van der Waals surface area contributed by atoms with Gasteiger partial charge in [-0.1, -0.05) is 29.8 Å². The lowest BCUT2D eigenvalue weighted by Gasteiger charge is -2.43. The first kappa shape index (κ1) is 18.8. The molecule has 8 heteroatoms. The number of sulfone groups is 1.